The van der Waals surface area contributed by atoms with Crippen LogP contribution in [0.1, 0.15) is 12.7 Å². The zero-order chi connectivity index (χ0) is 7.68. The van der Waals surface area contributed by atoms with E-state index in [2.05, 4.69) is 19.9 Å². The molecule has 0 aliphatic heterocycles. The number of nitrogens with one attached hydrogen (secondary N) is 1. The van der Waals surface area contributed by atoms with Crippen LogP contribution in [0.3, 0.4) is 0 Å². The van der Waals surface area contributed by atoms with Crippen LogP contribution >= 0.6 is 0 Å². The van der Waals surface area contributed by atoms with E-state index in [-0.39, 0.29) is 0 Å². The van der Waals surface area contributed by atoms with E-state index in [1.165, 1.54) is 0 Å². The summed E-state index contributed by atoms with van der Waals surface area (Å²) in [5, 5.41) is 0. The third kappa shape index (κ3) is 0.960. The second-order valence-corrected chi connectivity index (χ2v) is 2.28. The van der Waals surface area contributed by atoms with E-state index in [1.807, 2.05) is 6.92 Å². The van der Waals surface area contributed by atoms with Crippen LogP contribution in [0.15, 0.2) is 12.5 Å². The molecule has 0 spiro atoms. The van der Waals surface area contributed by atoms with E-state index in [0.717, 1.165) is 23.4 Å². The summed E-state index contributed by atoms with van der Waals surface area (Å²) < 4.78 is 0. The van der Waals surface area contributed by atoms with Crippen molar-refractivity contribution in [3.8, 4) is 0 Å². The van der Waals surface area contributed by atoms with E-state index in [0.29, 0.717) is 0 Å². The molecular weight excluding hydrogens is 140 g/mol. The van der Waals surface area contributed by atoms with Crippen LogP contribution in [0.4, 0.5) is 0 Å². The van der Waals surface area contributed by atoms with Gasteiger partial charge in [0.1, 0.15) is 11.3 Å². The molecule has 0 saturated carbocycles. The van der Waals surface area contributed by atoms with E-state index in [4.69, 9.17) is 0 Å². The fourth-order valence-corrected chi connectivity index (χ4v) is 0.942. The number of hydrogen-bond acceptors (Lipinski definition) is 3. The van der Waals surface area contributed by atoms with E-state index in [1.54, 1.807) is 12.5 Å². The van der Waals surface area contributed by atoms with Gasteiger partial charge >= 0.3 is 0 Å². The van der Waals surface area contributed by atoms with Crippen molar-refractivity contribution in [1.29, 1.82) is 0 Å². The van der Waals surface area contributed by atoms with Gasteiger partial charge in [-0.2, -0.15) is 0 Å². The van der Waals surface area contributed by atoms with Crippen LogP contribution in [0, 0.1) is 0 Å². The first kappa shape index (κ1) is 6.27. The van der Waals surface area contributed by atoms with Crippen molar-refractivity contribution in [3.63, 3.8) is 0 Å². The molecule has 0 unspecified atom stereocenters. The van der Waals surface area contributed by atoms with E-state index >= 15 is 0 Å². The number of H-pyrrole nitrogens is 1. The fraction of sp³-hybridized carbons (Fsp3) is 0.286. The molecule has 2 aromatic rings. The van der Waals surface area contributed by atoms with Gasteiger partial charge < -0.3 is 4.98 Å². The second-order valence-electron chi connectivity index (χ2n) is 2.28. The molecule has 4 nitrogen and oxygen atoms in total. The van der Waals surface area contributed by atoms with Crippen molar-refractivity contribution in [3.05, 3.63) is 18.3 Å². The Balaban J connectivity index is 2.67. The molecule has 0 aliphatic rings. The lowest BCUT2D eigenvalue weighted by molar-refractivity contribution is 0.955. The molecule has 2 rings (SSSR count). The van der Waals surface area contributed by atoms with Gasteiger partial charge in [-0.25, -0.2) is 15.0 Å². The first-order valence-corrected chi connectivity index (χ1v) is 3.55. The summed E-state index contributed by atoms with van der Waals surface area (Å²) in [7, 11) is 0. The van der Waals surface area contributed by atoms with Crippen molar-refractivity contribution in [1.82, 2.24) is 19.9 Å². The summed E-state index contributed by atoms with van der Waals surface area (Å²) in [5.74, 6) is 0.838. The summed E-state index contributed by atoms with van der Waals surface area (Å²) in [6, 6.07) is 0. The Morgan fingerprint density at radius 1 is 1.45 bits per heavy atom. The number of rotatable bonds is 1. The minimum atomic E-state index is 0.747. The Kier molecular flexibility index (Phi) is 1.31. The van der Waals surface area contributed by atoms with E-state index in [9.17, 15) is 0 Å². The van der Waals surface area contributed by atoms with E-state index < -0.39 is 0 Å². The molecule has 0 amide bonds. The van der Waals surface area contributed by atoms with Gasteiger partial charge in [0, 0.05) is 6.42 Å². The van der Waals surface area contributed by atoms with Crippen LogP contribution in [0.25, 0.3) is 11.2 Å². The predicted molar refractivity (Wildman–Crippen MR) is 41.1 cm³/mol. The molecule has 2 aromatic heterocycles. The van der Waals surface area contributed by atoms with Gasteiger partial charge in [0.15, 0.2) is 5.65 Å². The van der Waals surface area contributed by atoms with Crippen molar-refractivity contribution < 1.29 is 0 Å². The monoisotopic (exact) mass is 148 g/mol. The van der Waals surface area contributed by atoms with Crippen molar-refractivity contribution >= 4 is 11.2 Å². The van der Waals surface area contributed by atoms with Gasteiger partial charge in [0.2, 0.25) is 0 Å². The van der Waals surface area contributed by atoms with Gasteiger partial charge in [0.25, 0.3) is 0 Å². The molecule has 11 heavy (non-hydrogen) atoms. The zero-order valence-corrected chi connectivity index (χ0v) is 6.20. The maximum atomic E-state index is 4.20. The topological polar surface area (TPSA) is 54.5 Å². The molecule has 0 aromatic carbocycles. The average molecular weight is 148 g/mol. The number of aryl methyl sites for hydroxylation is 1. The Bertz CT molecular complexity index is 365. The minimum Gasteiger partial charge on any atom is -0.342 e. The van der Waals surface area contributed by atoms with Crippen LogP contribution in [0.5, 0.6) is 0 Å². The molecule has 0 bridgehead atoms. The molecule has 0 saturated heterocycles. The number of hydrogen-bond donors (Lipinski definition) is 1. The highest BCUT2D eigenvalue weighted by Gasteiger charge is 1.98. The van der Waals surface area contributed by atoms with Crippen molar-refractivity contribution in [2.45, 2.75) is 13.3 Å². The Morgan fingerprint density at radius 3 is 3.18 bits per heavy atom. The number of nitrogens with zero attached hydrogens (tertiary/aromatic N) is 3. The van der Waals surface area contributed by atoms with Gasteiger partial charge in [-0.3, -0.25) is 0 Å². The summed E-state index contributed by atoms with van der Waals surface area (Å²) in [6.45, 7) is 2.02. The molecule has 1 N–H and O–H groups in total. The Hall–Kier alpha value is -1.45. The molecule has 0 radical (unpaired) electrons. The highest BCUT2D eigenvalue weighted by molar-refractivity contribution is 5.67. The third-order valence-corrected chi connectivity index (χ3v) is 1.54. The third-order valence-electron chi connectivity index (χ3n) is 1.54. The fourth-order valence-electron chi connectivity index (χ4n) is 0.942. The largest absolute Gasteiger partial charge is 0.342 e. The highest BCUT2D eigenvalue weighted by Crippen LogP contribution is 2.03. The smallest absolute Gasteiger partial charge is 0.180 e. The lowest BCUT2D eigenvalue weighted by atomic mass is 10.4. The molecular formula is C7H8N4. The summed E-state index contributed by atoms with van der Waals surface area (Å²) in [6.07, 6.45) is 4.23. The normalized spacial score (nSPS) is 10.6. The lowest BCUT2D eigenvalue weighted by Crippen LogP contribution is -1.91. The number of fused-ring (bicyclic) bond motifs is 1. The van der Waals surface area contributed by atoms with Gasteiger partial charge in [-0.15, -0.1) is 0 Å². The van der Waals surface area contributed by atoms with Gasteiger partial charge in [-0.05, 0) is 0 Å². The minimum absolute atomic E-state index is 0.747. The number of imidazole rings is 1. The maximum absolute atomic E-state index is 4.20. The number of aromatic nitrogens is 4. The molecule has 0 fully saturated rings. The first-order valence-electron chi connectivity index (χ1n) is 3.55. The summed E-state index contributed by atoms with van der Waals surface area (Å²) >= 11 is 0. The zero-order valence-electron chi connectivity index (χ0n) is 6.20. The van der Waals surface area contributed by atoms with Gasteiger partial charge in [-0.1, -0.05) is 6.92 Å². The van der Waals surface area contributed by atoms with Crippen LogP contribution < -0.4 is 0 Å². The lowest BCUT2D eigenvalue weighted by Gasteiger charge is -1.91. The van der Waals surface area contributed by atoms with Gasteiger partial charge in [0.05, 0.1) is 12.5 Å². The molecule has 2 heterocycles. The van der Waals surface area contributed by atoms with Crippen LogP contribution in [0.2, 0.25) is 0 Å². The van der Waals surface area contributed by atoms with Crippen LogP contribution in [-0.2, 0) is 6.42 Å². The Labute approximate surface area is 63.7 Å². The molecule has 0 atom stereocenters. The highest BCUT2D eigenvalue weighted by atomic mass is 15.0. The quantitative estimate of drug-likeness (QED) is 0.654. The molecule has 56 valence electrons. The standard InChI is InChI=1S/C7H8N4/c1-2-6-8-3-5-7(11-6)10-4-9-5/h3-4H,2H2,1H3,(H,8,9,10,11). The number of aromatic amines is 1. The SMILES string of the molecule is CCc1ncc2[nH]cnc2n1. The second kappa shape index (κ2) is 2.30. The van der Waals surface area contributed by atoms with Crippen LogP contribution in [-0.4, -0.2) is 19.9 Å². The Morgan fingerprint density at radius 2 is 2.36 bits per heavy atom. The average Bonchev–Trinajstić information content (AvgIpc) is 2.50. The van der Waals surface area contributed by atoms with Crippen molar-refractivity contribution in [2.24, 2.45) is 0 Å². The van der Waals surface area contributed by atoms with Crippen molar-refractivity contribution in [2.75, 3.05) is 0 Å². The first-order chi connectivity index (χ1) is 5.40. The summed E-state index contributed by atoms with van der Waals surface area (Å²) in [4.78, 5) is 15.3. The molecule has 0 aliphatic carbocycles. The predicted octanol–water partition coefficient (Wildman–Crippen LogP) is 0.915. The maximum Gasteiger partial charge on any atom is 0.180 e. The molecule has 4 heteroatoms. The summed E-state index contributed by atoms with van der Waals surface area (Å²) in [5.41, 5.74) is 1.64.